The summed E-state index contributed by atoms with van der Waals surface area (Å²) >= 11 is 0. The number of hydrogen-bond acceptors (Lipinski definition) is 5. The predicted molar refractivity (Wildman–Crippen MR) is 36.1 cm³/mol. The SMILES string of the molecule is O=C(CO)[C@@H](CO)OP(=O)(O)O. The first-order chi connectivity index (χ1) is 5.40. The summed E-state index contributed by atoms with van der Waals surface area (Å²) in [6.07, 6.45) is -1.67. The van der Waals surface area contributed by atoms with Crippen molar-refractivity contribution in [2.75, 3.05) is 13.2 Å². The van der Waals surface area contributed by atoms with Crippen LogP contribution in [0.2, 0.25) is 0 Å². The lowest BCUT2D eigenvalue weighted by atomic mass is 10.2. The summed E-state index contributed by atoms with van der Waals surface area (Å²) in [4.78, 5) is 27.0. The second-order valence-corrected chi connectivity index (χ2v) is 3.08. The van der Waals surface area contributed by atoms with Gasteiger partial charge in [-0.25, -0.2) is 4.57 Å². The van der Waals surface area contributed by atoms with Gasteiger partial charge in [0, 0.05) is 0 Å². The summed E-state index contributed by atoms with van der Waals surface area (Å²) in [6, 6.07) is 0. The fraction of sp³-hybridized carbons (Fsp3) is 0.750. The van der Waals surface area contributed by atoms with Gasteiger partial charge in [-0.1, -0.05) is 0 Å². The van der Waals surface area contributed by atoms with E-state index < -0.39 is 32.9 Å². The molecule has 8 heteroatoms. The molecule has 0 radical (unpaired) electrons. The molecule has 0 aromatic carbocycles. The number of phosphoric ester groups is 1. The van der Waals surface area contributed by atoms with E-state index in [0.29, 0.717) is 0 Å². The van der Waals surface area contributed by atoms with Crippen LogP contribution >= 0.6 is 7.82 Å². The van der Waals surface area contributed by atoms with Crippen molar-refractivity contribution in [3.05, 3.63) is 0 Å². The molecule has 0 heterocycles. The maximum Gasteiger partial charge on any atom is 0.470 e. The largest absolute Gasteiger partial charge is 0.470 e. The van der Waals surface area contributed by atoms with Gasteiger partial charge in [-0.3, -0.25) is 9.32 Å². The summed E-state index contributed by atoms with van der Waals surface area (Å²) in [7, 11) is -4.80. The molecule has 0 aliphatic heterocycles. The number of aliphatic hydroxyl groups is 2. The Kier molecular flexibility index (Phi) is 4.54. The molecule has 0 aliphatic carbocycles. The van der Waals surface area contributed by atoms with Gasteiger partial charge in [0.2, 0.25) is 0 Å². The minimum Gasteiger partial charge on any atom is -0.393 e. The Labute approximate surface area is 67.8 Å². The second kappa shape index (κ2) is 4.66. The molecule has 4 N–H and O–H groups in total. The van der Waals surface area contributed by atoms with Gasteiger partial charge in [-0.05, 0) is 0 Å². The van der Waals surface area contributed by atoms with Gasteiger partial charge < -0.3 is 20.0 Å². The average molecular weight is 200 g/mol. The first-order valence-electron chi connectivity index (χ1n) is 2.89. The molecule has 0 spiro atoms. The Bertz CT molecular complexity index is 196. The molecule has 0 saturated heterocycles. The highest BCUT2D eigenvalue weighted by Gasteiger charge is 2.26. The zero-order valence-corrected chi connectivity index (χ0v) is 6.85. The first kappa shape index (κ1) is 11.7. The minimum absolute atomic E-state index is 0.884. The molecule has 0 bridgehead atoms. The molecule has 72 valence electrons. The number of phosphoric acid groups is 1. The van der Waals surface area contributed by atoms with E-state index in [0.717, 1.165) is 0 Å². The second-order valence-electron chi connectivity index (χ2n) is 1.89. The molecule has 0 saturated carbocycles. The zero-order chi connectivity index (χ0) is 9.78. The van der Waals surface area contributed by atoms with Crippen molar-refractivity contribution in [1.29, 1.82) is 0 Å². The fourth-order valence-corrected chi connectivity index (χ4v) is 0.977. The van der Waals surface area contributed by atoms with Crippen LogP contribution in [0.15, 0.2) is 0 Å². The molecule has 0 fully saturated rings. The molecule has 0 aromatic heterocycles. The molecule has 0 aliphatic rings. The Morgan fingerprint density at radius 3 is 2.17 bits per heavy atom. The topological polar surface area (TPSA) is 124 Å². The molecule has 7 nitrogen and oxygen atoms in total. The normalized spacial score (nSPS) is 14.3. The third kappa shape index (κ3) is 4.55. The predicted octanol–water partition coefficient (Wildman–Crippen LogP) is -1.98. The monoisotopic (exact) mass is 200 g/mol. The zero-order valence-electron chi connectivity index (χ0n) is 5.95. The minimum atomic E-state index is -4.80. The van der Waals surface area contributed by atoms with Crippen molar-refractivity contribution in [1.82, 2.24) is 0 Å². The third-order valence-corrected chi connectivity index (χ3v) is 1.47. The van der Waals surface area contributed by atoms with Crippen LogP contribution in [-0.2, 0) is 13.9 Å². The maximum absolute atomic E-state index is 10.5. The highest BCUT2D eigenvalue weighted by Crippen LogP contribution is 2.37. The van der Waals surface area contributed by atoms with Crippen LogP contribution in [0.3, 0.4) is 0 Å². The van der Waals surface area contributed by atoms with Crippen molar-refractivity contribution in [2.24, 2.45) is 0 Å². The van der Waals surface area contributed by atoms with Crippen molar-refractivity contribution in [3.8, 4) is 0 Å². The smallest absolute Gasteiger partial charge is 0.393 e. The van der Waals surface area contributed by atoms with Crippen molar-refractivity contribution in [2.45, 2.75) is 6.10 Å². The van der Waals surface area contributed by atoms with Crippen LogP contribution in [-0.4, -0.2) is 45.1 Å². The Morgan fingerprint density at radius 2 is 1.92 bits per heavy atom. The quantitative estimate of drug-likeness (QED) is 0.379. The third-order valence-electron chi connectivity index (χ3n) is 0.945. The van der Waals surface area contributed by atoms with E-state index in [1.807, 2.05) is 0 Å². The molecule has 0 amide bonds. The molecule has 0 aromatic rings. The Balaban J connectivity index is 4.19. The van der Waals surface area contributed by atoms with Crippen LogP contribution in [0.5, 0.6) is 0 Å². The lowest BCUT2D eigenvalue weighted by Crippen LogP contribution is -2.29. The van der Waals surface area contributed by atoms with E-state index in [1.54, 1.807) is 0 Å². The molecule has 0 rings (SSSR count). The number of ketones is 1. The summed E-state index contributed by atoms with van der Waals surface area (Å²) in [5.74, 6) is -0.985. The van der Waals surface area contributed by atoms with E-state index in [1.165, 1.54) is 0 Å². The van der Waals surface area contributed by atoms with Gasteiger partial charge in [0.25, 0.3) is 0 Å². The molecular weight excluding hydrogens is 191 g/mol. The fourth-order valence-electron chi connectivity index (χ4n) is 0.462. The molecule has 1 atom stereocenters. The molecule has 12 heavy (non-hydrogen) atoms. The van der Waals surface area contributed by atoms with Crippen molar-refractivity contribution < 1.29 is 33.9 Å². The highest BCUT2D eigenvalue weighted by atomic mass is 31.2. The number of carbonyl (C=O) groups is 1. The van der Waals surface area contributed by atoms with E-state index in [2.05, 4.69) is 4.52 Å². The number of Topliss-reactive ketones (excluding diaryl/α,β-unsaturated/α-hetero) is 1. The van der Waals surface area contributed by atoms with Gasteiger partial charge in [0.15, 0.2) is 11.9 Å². The van der Waals surface area contributed by atoms with Gasteiger partial charge in [0.1, 0.15) is 6.61 Å². The Morgan fingerprint density at radius 1 is 1.42 bits per heavy atom. The molecular formula is C4H9O7P. The van der Waals surface area contributed by atoms with Crippen LogP contribution < -0.4 is 0 Å². The number of rotatable bonds is 5. The highest BCUT2D eigenvalue weighted by molar-refractivity contribution is 7.46. The van der Waals surface area contributed by atoms with Gasteiger partial charge in [-0.15, -0.1) is 0 Å². The lowest BCUT2D eigenvalue weighted by Gasteiger charge is -2.12. The van der Waals surface area contributed by atoms with Crippen LogP contribution in [0.4, 0.5) is 0 Å². The van der Waals surface area contributed by atoms with Crippen molar-refractivity contribution in [3.63, 3.8) is 0 Å². The Hall–Kier alpha value is -0.300. The summed E-state index contributed by atoms with van der Waals surface area (Å²) in [5, 5.41) is 16.6. The summed E-state index contributed by atoms with van der Waals surface area (Å²) in [5.41, 5.74) is 0. The molecule has 0 unspecified atom stereocenters. The van der Waals surface area contributed by atoms with Gasteiger partial charge >= 0.3 is 7.82 Å². The van der Waals surface area contributed by atoms with Crippen LogP contribution in [0.25, 0.3) is 0 Å². The van der Waals surface area contributed by atoms with E-state index in [4.69, 9.17) is 20.0 Å². The number of carbonyl (C=O) groups excluding carboxylic acids is 1. The van der Waals surface area contributed by atoms with Crippen LogP contribution in [0, 0.1) is 0 Å². The maximum atomic E-state index is 10.5. The van der Waals surface area contributed by atoms with Crippen LogP contribution in [0.1, 0.15) is 0 Å². The summed E-state index contributed by atoms with van der Waals surface area (Å²) in [6.45, 7) is -1.82. The number of hydrogen-bond donors (Lipinski definition) is 4. The first-order valence-corrected chi connectivity index (χ1v) is 4.42. The summed E-state index contributed by atoms with van der Waals surface area (Å²) < 4.78 is 14.0. The van der Waals surface area contributed by atoms with E-state index >= 15 is 0 Å². The standard InChI is InChI=1S/C4H9O7P/c5-1-3(7)4(2-6)11-12(8,9)10/h4-6H,1-2H2,(H2,8,9,10)/t4-/m1/s1. The van der Waals surface area contributed by atoms with Crippen molar-refractivity contribution >= 4 is 13.6 Å². The van der Waals surface area contributed by atoms with E-state index in [-0.39, 0.29) is 0 Å². The van der Waals surface area contributed by atoms with Gasteiger partial charge in [0.05, 0.1) is 6.61 Å². The van der Waals surface area contributed by atoms with Gasteiger partial charge in [-0.2, -0.15) is 0 Å². The average Bonchev–Trinajstić information content (AvgIpc) is 1.97. The number of aliphatic hydroxyl groups excluding tert-OH is 2. The van der Waals surface area contributed by atoms with E-state index in [9.17, 15) is 9.36 Å². The lowest BCUT2D eigenvalue weighted by molar-refractivity contribution is -0.131.